The van der Waals surface area contributed by atoms with Gasteiger partial charge in [0.15, 0.2) is 0 Å². The van der Waals surface area contributed by atoms with Crippen molar-refractivity contribution >= 4 is 23.1 Å². The first-order valence-electron chi connectivity index (χ1n) is 9.70. The SMILES string of the molecule is C[C@H]1C[C@H]1C(=O)Nc1cccc(C(=O)N2CC=C(c3ccc(O)cc3)CC2)c1. The van der Waals surface area contributed by atoms with E-state index >= 15 is 0 Å². The van der Waals surface area contributed by atoms with Crippen molar-refractivity contribution in [2.75, 3.05) is 18.4 Å². The van der Waals surface area contributed by atoms with Crippen molar-refractivity contribution in [3.8, 4) is 5.75 Å². The van der Waals surface area contributed by atoms with Crippen LogP contribution >= 0.6 is 0 Å². The fraction of sp³-hybridized carbons (Fsp3) is 0.304. The summed E-state index contributed by atoms with van der Waals surface area (Å²) in [5, 5.41) is 12.3. The van der Waals surface area contributed by atoms with Crippen LogP contribution in [0.1, 0.15) is 35.7 Å². The van der Waals surface area contributed by atoms with E-state index in [1.54, 1.807) is 30.3 Å². The zero-order chi connectivity index (χ0) is 19.7. The van der Waals surface area contributed by atoms with E-state index in [4.69, 9.17) is 0 Å². The van der Waals surface area contributed by atoms with Crippen molar-refractivity contribution in [2.24, 2.45) is 11.8 Å². The van der Waals surface area contributed by atoms with Crippen molar-refractivity contribution < 1.29 is 14.7 Å². The number of aromatic hydroxyl groups is 1. The molecular weight excluding hydrogens is 352 g/mol. The Morgan fingerprint density at radius 1 is 1.14 bits per heavy atom. The summed E-state index contributed by atoms with van der Waals surface area (Å²) in [6, 6.07) is 14.3. The number of benzene rings is 2. The van der Waals surface area contributed by atoms with Gasteiger partial charge in [0.05, 0.1) is 0 Å². The molecule has 144 valence electrons. The topological polar surface area (TPSA) is 69.6 Å². The second-order valence-corrected chi connectivity index (χ2v) is 7.67. The van der Waals surface area contributed by atoms with Gasteiger partial charge in [0.2, 0.25) is 5.91 Å². The van der Waals surface area contributed by atoms with Crippen molar-refractivity contribution in [1.82, 2.24) is 4.90 Å². The van der Waals surface area contributed by atoms with Gasteiger partial charge in [0.25, 0.3) is 5.91 Å². The van der Waals surface area contributed by atoms with Crippen LogP contribution in [0.4, 0.5) is 5.69 Å². The largest absolute Gasteiger partial charge is 0.508 e. The maximum absolute atomic E-state index is 12.9. The molecule has 0 spiro atoms. The number of nitrogens with zero attached hydrogens (tertiary/aromatic N) is 1. The highest BCUT2D eigenvalue weighted by Crippen LogP contribution is 2.38. The van der Waals surface area contributed by atoms with E-state index in [-0.39, 0.29) is 23.5 Å². The van der Waals surface area contributed by atoms with Crippen LogP contribution in [0.2, 0.25) is 0 Å². The van der Waals surface area contributed by atoms with Crippen molar-refractivity contribution in [3.05, 3.63) is 65.7 Å². The van der Waals surface area contributed by atoms with E-state index in [2.05, 4.69) is 18.3 Å². The maximum Gasteiger partial charge on any atom is 0.254 e. The van der Waals surface area contributed by atoms with Gasteiger partial charge < -0.3 is 15.3 Å². The Labute approximate surface area is 164 Å². The van der Waals surface area contributed by atoms with E-state index < -0.39 is 0 Å². The van der Waals surface area contributed by atoms with Gasteiger partial charge in [-0.2, -0.15) is 0 Å². The van der Waals surface area contributed by atoms with Crippen LogP contribution in [0.25, 0.3) is 5.57 Å². The minimum atomic E-state index is -0.0307. The molecule has 1 saturated carbocycles. The van der Waals surface area contributed by atoms with E-state index in [0.717, 1.165) is 18.4 Å². The number of anilines is 1. The molecule has 2 aliphatic rings. The summed E-state index contributed by atoms with van der Waals surface area (Å²) < 4.78 is 0. The molecule has 2 N–H and O–H groups in total. The first-order valence-corrected chi connectivity index (χ1v) is 9.70. The monoisotopic (exact) mass is 376 g/mol. The fourth-order valence-corrected chi connectivity index (χ4v) is 3.63. The Balaban J connectivity index is 1.41. The number of rotatable bonds is 4. The van der Waals surface area contributed by atoms with Gasteiger partial charge in [0.1, 0.15) is 5.75 Å². The third-order valence-electron chi connectivity index (χ3n) is 5.56. The van der Waals surface area contributed by atoms with Crippen molar-refractivity contribution in [2.45, 2.75) is 19.8 Å². The number of amides is 2. The molecule has 0 unspecified atom stereocenters. The average molecular weight is 376 g/mol. The summed E-state index contributed by atoms with van der Waals surface area (Å²) in [6.45, 7) is 3.26. The predicted octanol–water partition coefficient (Wildman–Crippen LogP) is 3.92. The van der Waals surface area contributed by atoms with E-state index in [1.165, 1.54) is 5.57 Å². The molecule has 5 nitrogen and oxygen atoms in total. The van der Waals surface area contributed by atoms with Crippen LogP contribution in [0.5, 0.6) is 5.75 Å². The van der Waals surface area contributed by atoms with Gasteiger partial charge in [-0.05, 0) is 60.2 Å². The molecule has 1 aliphatic heterocycles. The molecule has 1 aliphatic carbocycles. The number of nitrogens with one attached hydrogen (secondary N) is 1. The zero-order valence-electron chi connectivity index (χ0n) is 15.9. The maximum atomic E-state index is 12.9. The highest BCUT2D eigenvalue weighted by molar-refractivity contribution is 5.98. The van der Waals surface area contributed by atoms with E-state index in [0.29, 0.717) is 30.3 Å². The minimum absolute atomic E-state index is 0.0307. The summed E-state index contributed by atoms with van der Waals surface area (Å²) in [5.41, 5.74) is 3.52. The Kier molecular flexibility index (Phi) is 4.90. The van der Waals surface area contributed by atoms with E-state index in [1.807, 2.05) is 23.1 Å². The van der Waals surface area contributed by atoms with Crippen LogP contribution in [0.3, 0.4) is 0 Å². The lowest BCUT2D eigenvalue weighted by Gasteiger charge is -2.27. The standard InChI is InChI=1S/C23H24N2O3/c1-15-13-21(15)22(27)24-19-4-2-3-18(14-19)23(28)25-11-9-17(10-12-25)16-5-7-20(26)8-6-16/h2-9,14-15,21,26H,10-13H2,1H3,(H,24,27)/t15-,21+/m0/s1. The molecule has 0 aromatic heterocycles. The molecule has 0 radical (unpaired) electrons. The summed E-state index contributed by atoms with van der Waals surface area (Å²) in [7, 11) is 0. The number of hydrogen-bond acceptors (Lipinski definition) is 3. The predicted molar refractivity (Wildman–Crippen MR) is 109 cm³/mol. The Morgan fingerprint density at radius 3 is 2.54 bits per heavy atom. The van der Waals surface area contributed by atoms with Crippen LogP contribution in [-0.4, -0.2) is 34.9 Å². The number of hydrogen-bond donors (Lipinski definition) is 2. The van der Waals surface area contributed by atoms with Gasteiger partial charge in [-0.25, -0.2) is 0 Å². The summed E-state index contributed by atoms with van der Waals surface area (Å²) in [4.78, 5) is 26.8. The zero-order valence-corrected chi connectivity index (χ0v) is 15.9. The molecule has 4 rings (SSSR count). The molecule has 2 atom stereocenters. The fourth-order valence-electron chi connectivity index (χ4n) is 3.63. The minimum Gasteiger partial charge on any atom is -0.508 e. The smallest absolute Gasteiger partial charge is 0.254 e. The molecule has 1 heterocycles. The molecule has 0 bridgehead atoms. The Morgan fingerprint density at radius 2 is 1.89 bits per heavy atom. The van der Waals surface area contributed by atoms with Gasteiger partial charge in [-0.1, -0.05) is 31.2 Å². The lowest BCUT2D eigenvalue weighted by molar-refractivity contribution is -0.117. The lowest BCUT2D eigenvalue weighted by Crippen LogP contribution is -2.34. The summed E-state index contributed by atoms with van der Waals surface area (Å²) in [5.74, 6) is 0.811. The quantitative estimate of drug-likeness (QED) is 0.850. The average Bonchev–Trinajstić information content (AvgIpc) is 3.45. The molecular formula is C23H24N2O3. The molecule has 2 aromatic carbocycles. The van der Waals surface area contributed by atoms with E-state index in [9.17, 15) is 14.7 Å². The molecule has 2 amide bonds. The first kappa shape index (κ1) is 18.3. The third kappa shape index (κ3) is 3.93. The van der Waals surface area contributed by atoms with Gasteiger partial charge in [-0.15, -0.1) is 0 Å². The van der Waals surface area contributed by atoms with Gasteiger partial charge >= 0.3 is 0 Å². The second kappa shape index (κ2) is 7.50. The van der Waals surface area contributed by atoms with Crippen LogP contribution in [-0.2, 0) is 4.79 Å². The summed E-state index contributed by atoms with van der Waals surface area (Å²) >= 11 is 0. The Bertz CT molecular complexity index is 933. The van der Waals surface area contributed by atoms with Crippen LogP contribution < -0.4 is 5.32 Å². The van der Waals surface area contributed by atoms with Crippen LogP contribution in [0.15, 0.2) is 54.6 Å². The number of carbonyl (C=O) groups is 2. The number of phenolic OH excluding ortho intramolecular Hbond substituents is 1. The Hall–Kier alpha value is -3.08. The lowest BCUT2D eigenvalue weighted by atomic mass is 9.99. The van der Waals surface area contributed by atoms with Crippen LogP contribution in [0, 0.1) is 11.8 Å². The van der Waals surface area contributed by atoms with Gasteiger partial charge in [0, 0.05) is 30.3 Å². The number of phenols is 1. The first-order chi connectivity index (χ1) is 13.5. The molecule has 0 saturated heterocycles. The summed E-state index contributed by atoms with van der Waals surface area (Å²) in [6.07, 6.45) is 3.77. The number of carbonyl (C=O) groups excluding carboxylic acids is 2. The van der Waals surface area contributed by atoms with Crippen molar-refractivity contribution in [3.63, 3.8) is 0 Å². The molecule has 2 aromatic rings. The highest BCUT2D eigenvalue weighted by Gasteiger charge is 2.39. The highest BCUT2D eigenvalue weighted by atomic mass is 16.3. The van der Waals surface area contributed by atoms with Crippen molar-refractivity contribution in [1.29, 1.82) is 0 Å². The normalized spacial score (nSPS) is 21.0. The third-order valence-corrected chi connectivity index (χ3v) is 5.56. The molecule has 28 heavy (non-hydrogen) atoms. The molecule has 1 fully saturated rings. The van der Waals surface area contributed by atoms with Gasteiger partial charge in [-0.3, -0.25) is 9.59 Å². The molecule has 5 heteroatoms. The second-order valence-electron chi connectivity index (χ2n) is 7.67.